The molecule has 460 valence electrons. The van der Waals surface area contributed by atoms with Crippen molar-refractivity contribution in [1.82, 2.24) is 0 Å². The van der Waals surface area contributed by atoms with Gasteiger partial charge in [-0.3, -0.25) is 0 Å². The van der Waals surface area contributed by atoms with Gasteiger partial charge in [-0.15, -0.1) is 0 Å². The van der Waals surface area contributed by atoms with Crippen molar-refractivity contribution in [1.29, 1.82) is 0 Å². The Labute approximate surface area is 529 Å². The third kappa shape index (κ3) is 18.7. The van der Waals surface area contributed by atoms with E-state index in [-0.39, 0.29) is 5.41 Å². The van der Waals surface area contributed by atoms with Crippen molar-refractivity contribution in [2.24, 2.45) is 34.1 Å². The second kappa shape index (κ2) is 28.2. The molecule has 0 atom stereocenters. The van der Waals surface area contributed by atoms with Crippen LogP contribution in [0.2, 0.25) is 78.6 Å². The lowest BCUT2D eigenvalue weighted by atomic mass is 9.85. The van der Waals surface area contributed by atoms with Crippen LogP contribution in [-0.2, 0) is 40.0 Å². The Bertz CT molecular complexity index is 3600. The van der Waals surface area contributed by atoms with Crippen LogP contribution < -0.4 is 39.0 Å². The lowest BCUT2D eigenvalue weighted by molar-refractivity contribution is -0.659. The van der Waals surface area contributed by atoms with Gasteiger partial charge in [-0.05, 0) is 146 Å². The van der Waals surface area contributed by atoms with E-state index in [0.717, 1.165) is 6.42 Å². The number of aromatic nitrogens is 4. The summed E-state index contributed by atoms with van der Waals surface area (Å²) < 4.78 is 9.18. The quantitative estimate of drug-likeness (QED) is 0.0906. The number of rotatable bonds is 11. The molecule has 0 radical (unpaired) electrons. The zero-order valence-corrected chi connectivity index (χ0v) is 63.9. The second-order valence-electron chi connectivity index (χ2n) is 31.1. The Hall–Kier alpha value is -5.65. The lowest BCUT2D eigenvalue weighted by Gasteiger charge is -2.20. The van der Waals surface area contributed by atoms with E-state index in [0.29, 0.717) is 11.8 Å². The highest BCUT2D eigenvalue weighted by Crippen LogP contribution is 2.30. The van der Waals surface area contributed by atoms with E-state index in [2.05, 4.69) is 356 Å². The Morgan fingerprint density at radius 1 is 0.360 bits per heavy atom. The first kappa shape index (κ1) is 71.1. The molecule has 4 aromatic heterocycles. The average Bonchev–Trinajstić information content (AvgIpc) is 1.21. The van der Waals surface area contributed by atoms with E-state index in [4.69, 9.17) is 0 Å². The SMILES string of the molecule is Cc1cc(C(C)(C)C)ccc1-c1ccc([Si](C)(C)C)c[n+]1C.Cc1cc(CC(C)C)ccc1-c1ccc([Si](C)(C)C)c[n+]1C.Cc1ccc(C(C)C)cc1-c1cc(C)c([Si](C)(C)C)c[n+]1C.Cc1ccc(C)c(-c2cc(C)c([Si](C)(C)C)c[n+]2C)c1. The van der Waals surface area contributed by atoms with Crippen LogP contribution in [0.3, 0.4) is 0 Å². The maximum absolute atomic E-state index is 2.42. The molecule has 4 nitrogen and oxygen atoms in total. The van der Waals surface area contributed by atoms with E-state index >= 15 is 0 Å². The number of nitrogens with zero attached hydrogens (tertiary/aromatic N) is 4. The Morgan fingerprint density at radius 3 is 1.14 bits per heavy atom. The fourth-order valence-electron chi connectivity index (χ4n) is 11.6. The first-order chi connectivity index (χ1) is 39.5. The van der Waals surface area contributed by atoms with Gasteiger partial charge in [0, 0.05) is 67.3 Å². The molecule has 86 heavy (non-hydrogen) atoms. The van der Waals surface area contributed by atoms with Gasteiger partial charge in [0.25, 0.3) is 0 Å². The molecule has 0 N–H and O–H groups in total. The van der Waals surface area contributed by atoms with Crippen LogP contribution in [0.25, 0.3) is 45.0 Å². The summed E-state index contributed by atoms with van der Waals surface area (Å²) in [5.41, 5.74) is 24.6. The monoisotopic (exact) mass is 1220 g/mol. The minimum absolute atomic E-state index is 0.202. The summed E-state index contributed by atoms with van der Waals surface area (Å²) in [4.78, 5) is 0. The highest BCUT2D eigenvalue weighted by atomic mass is 28.3. The smallest absolute Gasteiger partial charge is 0.201 e. The van der Waals surface area contributed by atoms with Crippen LogP contribution in [0, 0.1) is 54.4 Å². The molecule has 0 unspecified atom stereocenters. The summed E-state index contributed by atoms with van der Waals surface area (Å²) in [7, 11) is 3.60. The number of pyridine rings is 4. The molecule has 8 rings (SSSR count). The predicted octanol–water partition coefficient (Wildman–Crippen LogP) is 16.7. The van der Waals surface area contributed by atoms with Crippen molar-refractivity contribution >= 4 is 53.0 Å². The first-order valence-electron chi connectivity index (χ1n) is 31.9. The fourth-order valence-corrected chi connectivity index (χ4v) is 17.6. The van der Waals surface area contributed by atoms with Crippen LogP contribution in [0.1, 0.15) is 110 Å². The maximum atomic E-state index is 2.42. The molecule has 0 aliphatic heterocycles. The van der Waals surface area contributed by atoms with Gasteiger partial charge in [-0.25, -0.2) is 18.3 Å². The minimum atomic E-state index is -1.30. The number of benzene rings is 4. The van der Waals surface area contributed by atoms with E-state index in [9.17, 15) is 0 Å². The summed E-state index contributed by atoms with van der Waals surface area (Å²) >= 11 is 0. The lowest BCUT2D eigenvalue weighted by Crippen LogP contribution is -2.46. The third-order valence-corrected chi connectivity index (χ3v) is 25.4. The molecule has 0 aliphatic carbocycles. The minimum Gasteiger partial charge on any atom is -0.201 e. The van der Waals surface area contributed by atoms with Gasteiger partial charge >= 0.3 is 0 Å². The van der Waals surface area contributed by atoms with Crippen molar-refractivity contribution in [3.63, 3.8) is 0 Å². The Balaban J connectivity index is 0.000000209. The van der Waals surface area contributed by atoms with Gasteiger partial charge in [0.2, 0.25) is 22.8 Å². The van der Waals surface area contributed by atoms with Crippen LogP contribution in [0.4, 0.5) is 0 Å². The summed E-state index contributed by atoms with van der Waals surface area (Å²) in [6.45, 7) is 60.2. The van der Waals surface area contributed by atoms with Gasteiger partial charge in [0.15, 0.2) is 24.8 Å². The Kier molecular flexibility index (Phi) is 23.3. The van der Waals surface area contributed by atoms with Crippen molar-refractivity contribution in [2.45, 2.75) is 193 Å². The summed E-state index contributed by atoms with van der Waals surface area (Å²) in [6.07, 6.45) is 10.5. The highest BCUT2D eigenvalue weighted by molar-refractivity contribution is 6.90. The molecule has 4 aromatic carbocycles. The van der Waals surface area contributed by atoms with Crippen LogP contribution in [0.15, 0.2) is 134 Å². The fraction of sp³-hybridized carbons (Fsp3) is 0.436. The van der Waals surface area contributed by atoms with E-state index in [1.807, 2.05) is 0 Å². The standard InChI is InChI=1S/3C20H30NSi.C18H26NSi/c1-15-13-16(20(2,3)4)9-11-18(15)19-12-10-17(14-21(19)5)22(6,7)8;1-14(2)17-10-9-15(3)18(12-17)19-11-16(4)20(13-21(19)5)22(6,7)8;1-15(2)12-17-8-10-19(16(3)13-17)20-11-9-18(14-21(20)4)22(5,6)7;1-13-8-9-14(2)16(10-13)17-11-15(3)18(12-19(17)4)20(5,6)7/h2*9-14H,1-8H3;8-11,13-15H,12H2,1-7H3;8-12H,1-7H3/q4*+1. The van der Waals surface area contributed by atoms with E-state index in [1.54, 1.807) is 10.4 Å². The van der Waals surface area contributed by atoms with Crippen molar-refractivity contribution in [2.75, 3.05) is 0 Å². The summed E-state index contributed by atoms with van der Waals surface area (Å²) in [6, 6.07) is 41.3. The topological polar surface area (TPSA) is 15.5 Å². The molecule has 0 amide bonds. The van der Waals surface area contributed by atoms with Gasteiger partial charge in [-0.2, -0.15) is 0 Å². The molecule has 8 heteroatoms. The molecule has 0 saturated carbocycles. The molecule has 8 aromatic rings. The molecular formula is C78H116N4Si4+4. The van der Waals surface area contributed by atoms with Crippen molar-refractivity contribution in [3.05, 3.63) is 190 Å². The molecule has 0 spiro atoms. The van der Waals surface area contributed by atoms with Gasteiger partial charge in [0.05, 0.1) is 32.3 Å². The molecular weight excluding hydrogens is 1110 g/mol. The number of aryl methyl sites for hydroxylation is 11. The van der Waals surface area contributed by atoms with Crippen molar-refractivity contribution < 1.29 is 18.3 Å². The summed E-state index contributed by atoms with van der Waals surface area (Å²) in [5, 5.41) is 6.11. The third-order valence-electron chi connectivity index (χ3n) is 17.0. The van der Waals surface area contributed by atoms with Crippen LogP contribution in [0.5, 0.6) is 0 Å². The molecule has 4 heterocycles. The zero-order valence-electron chi connectivity index (χ0n) is 59.9. The van der Waals surface area contributed by atoms with Crippen LogP contribution >= 0.6 is 0 Å². The zero-order chi connectivity index (χ0) is 64.9. The largest absolute Gasteiger partial charge is 0.212 e. The van der Waals surface area contributed by atoms with Crippen molar-refractivity contribution in [3.8, 4) is 45.0 Å². The molecule has 0 aliphatic rings. The first-order valence-corrected chi connectivity index (χ1v) is 45.9. The molecule has 0 bridgehead atoms. The molecule has 0 saturated heterocycles. The maximum Gasteiger partial charge on any atom is 0.212 e. The van der Waals surface area contributed by atoms with E-state index < -0.39 is 32.3 Å². The highest BCUT2D eigenvalue weighted by Gasteiger charge is 2.28. The number of hydrogen-bond donors (Lipinski definition) is 0. The normalized spacial score (nSPS) is 12.1. The number of hydrogen-bond acceptors (Lipinski definition) is 0. The Morgan fingerprint density at radius 2 is 0.767 bits per heavy atom. The van der Waals surface area contributed by atoms with Gasteiger partial charge < -0.3 is 0 Å². The van der Waals surface area contributed by atoms with Gasteiger partial charge in [0.1, 0.15) is 28.2 Å². The van der Waals surface area contributed by atoms with Crippen LogP contribution in [-0.4, -0.2) is 32.3 Å². The predicted molar refractivity (Wildman–Crippen MR) is 389 cm³/mol. The molecule has 0 fully saturated rings. The van der Waals surface area contributed by atoms with Gasteiger partial charge in [-0.1, -0.05) is 193 Å². The van der Waals surface area contributed by atoms with E-state index in [1.165, 1.54) is 111 Å². The average molecular weight is 1220 g/mol. The second-order valence-corrected chi connectivity index (χ2v) is 51.4. The summed E-state index contributed by atoms with van der Waals surface area (Å²) in [5.74, 6) is 1.27.